The molecule has 6 heteroatoms. The second-order valence-corrected chi connectivity index (χ2v) is 8.72. The van der Waals surface area contributed by atoms with Crippen LogP contribution in [0.1, 0.15) is 23.6 Å². The van der Waals surface area contributed by atoms with Crippen LogP contribution in [-0.2, 0) is 16.0 Å². The molecule has 0 aliphatic carbocycles. The van der Waals surface area contributed by atoms with Crippen LogP contribution in [0.4, 0.5) is 10.1 Å². The molecule has 0 fully saturated rings. The molecule has 1 aliphatic rings. The van der Waals surface area contributed by atoms with Crippen LogP contribution in [0.5, 0.6) is 11.5 Å². The minimum Gasteiger partial charge on any atom is -0.503 e. The van der Waals surface area contributed by atoms with Crippen LogP contribution in [-0.4, -0.2) is 16.8 Å². The largest absolute Gasteiger partial charge is 0.503 e. The Balaban J connectivity index is 1.53. The number of hydrogen-bond acceptors (Lipinski definition) is 4. The summed E-state index contributed by atoms with van der Waals surface area (Å²) in [6, 6.07) is 30.3. The molecular formula is C31H24FNO4. The molecule has 1 atom stereocenters. The minimum absolute atomic E-state index is 0.0120. The lowest BCUT2D eigenvalue weighted by Gasteiger charge is -2.27. The number of halogens is 1. The number of benzene rings is 4. The van der Waals surface area contributed by atoms with Gasteiger partial charge in [0, 0.05) is 12.1 Å². The first-order chi connectivity index (χ1) is 18.0. The second-order valence-electron chi connectivity index (χ2n) is 8.72. The number of rotatable bonds is 8. The van der Waals surface area contributed by atoms with Crippen molar-refractivity contribution in [3.8, 4) is 11.5 Å². The summed E-state index contributed by atoms with van der Waals surface area (Å²) in [5, 5.41) is 10.9. The fraction of sp³-hybridized carbons (Fsp3) is 0.0968. The van der Waals surface area contributed by atoms with Crippen molar-refractivity contribution in [1.29, 1.82) is 0 Å². The van der Waals surface area contributed by atoms with E-state index in [-0.39, 0.29) is 23.5 Å². The van der Waals surface area contributed by atoms with Gasteiger partial charge in [-0.2, -0.15) is 0 Å². The Hall–Kier alpha value is -4.71. The van der Waals surface area contributed by atoms with E-state index in [1.807, 2.05) is 60.7 Å². The highest BCUT2D eigenvalue weighted by Crippen LogP contribution is 2.42. The van der Waals surface area contributed by atoms with E-state index in [1.54, 1.807) is 30.3 Å². The zero-order chi connectivity index (χ0) is 25.8. The van der Waals surface area contributed by atoms with Crippen molar-refractivity contribution in [3.63, 3.8) is 0 Å². The van der Waals surface area contributed by atoms with Crippen molar-refractivity contribution in [1.82, 2.24) is 0 Å². The van der Waals surface area contributed by atoms with Gasteiger partial charge in [-0.05, 0) is 60.0 Å². The van der Waals surface area contributed by atoms with E-state index in [1.165, 1.54) is 23.1 Å². The summed E-state index contributed by atoms with van der Waals surface area (Å²) in [4.78, 5) is 28.0. The standard InChI is InChI=1S/C31H24FNO4/c32-23-12-8-13-24(20-23)33-29(22-11-7-16-26(19-22)37-25-14-5-2-6-15-25)28(30(35)31(33)36)27(34)18-17-21-9-3-1-4-10-21/h1-16,19-20,29,35H,17-18H2. The maximum atomic E-state index is 14.1. The number of anilines is 1. The van der Waals surface area contributed by atoms with Crippen LogP contribution in [0.2, 0.25) is 0 Å². The van der Waals surface area contributed by atoms with Crippen molar-refractivity contribution >= 4 is 17.4 Å². The normalized spacial score (nSPS) is 15.2. The number of ether oxygens (including phenoxy) is 1. The summed E-state index contributed by atoms with van der Waals surface area (Å²) in [5.74, 6) is -1.14. The van der Waals surface area contributed by atoms with Gasteiger partial charge in [0.05, 0.1) is 11.6 Å². The van der Waals surface area contributed by atoms with Gasteiger partial charge in [-0.15, -0.1) is 0 Å². The maximum Gasteiger partial charge on any atom is 0.294 e. The lowest BCUT2D eigenvalue weighted by atomic mass is 9.93. The minimum atomic E-state index is -0.947. The lowest BCUT2D eigenvalue weighted by molar-refractivity contribution is -0.118. The molecule has 0 spiro atoms. The highest BCUT2D eigenvalue weighted by Gasteiger charge is 2.44. The van der Waals surface area contributed by atoms with E-state index in [9.17, 15) is 19.1 Å². The highest BCUT2D eigenvalue weighted by atomic mass is 19.1. The van der Waals surface area contributed by atoms with Gasteiger partial charge in [0.2, 0.25) is 0 Å². The molecule has 0 bridgehead atoms. The first kappa shape index (κ1) is 24.0. The van der Waals surface area contributed by atoms with Gasteiger partial charge >= 0.3 is 0 Å². The number of aryl methyl sites for hydroxylation is 1. The Morgan fingerprint density at radius 1 is 0.838 bits per heavy atom. The van der Waals surface area contributed by atoms with Crippen LogP contribution in [0.3, 0.4) is 0 Å². The number of nitrogens with zero attached hydrogens (tertiary/aromatic N) is 1. The van der Waals surface area contributed by atoms with Crippen LogP contribution in [0, 0.1) is 5.82 Å². The number of para-hydroxylation sites is 1. The van der Waals surface area contributed by atoms with Crippen molar-refractivity contribution in [2.24, 2.45) is 0 Å². The van der Waals surface area contributed by atoms with Gasteiger partial charge in [0.1, 0.15) is 17.3 Å². The molecule has 5 nitrogen and oxygen atoms in total. The Kier molecular flexibility index (Phi) is 6.81. The average molecular weight is 494 g/mol. The monoisotopic (exact) mass is 493 g/mol. The van der Waals surface area contributed by atoms with E-state index in [4.69, 9.17) is 4.74 Å². The number of aliphatic hydroxyl groups is 1. The Morgan fingerprint density at radius 2 is 1.51 bits per heavy atom. The fourth-order valence-corrected chi connectivity index (χ4v) is 4.51. The Bertz CT molecular complexity index is 1470. The van der Waals surface area contributed by atoms with E-state index < -0.39 is 23.5 Å². The molecule has 5 rings (SSSR count). The van der Waals surface area contributed by atoms with Crippen molar-refractivity contribution in [2.75, 3.05) is 4.90 Å². The molecule has 0 saturated heterocycles. The van der Waals surface area contributed by atoms with Crippen LogP contribution < -0.4 is 9.64 Å². The number of Topliss-reactive ketones (excluding diaryl/α,β-unsaturated/α-hetero) is 1. The topological polar surface area (TPSA) is 66.8 Å². The molecule has 1 aliphatic heterocycles. The Morgan fingerprint density at radius 3 is 2.24 bits per heavy atom. The van der Waals surface area contributed by atoms with E-state index in [2.05, 4.69) is 0 Å². The van der Waals surface area contributed by atoms with Gasteiger partial charge in [0.15, 0.2) is 11.5 Å². The lowest BCUT2D eigenvalue weighted by Crippen LogP contribution is -2.31. The molecule has 1 N–H and O–H groups in total. The molecule has 37 heavy (non-hydrogen) atoms. The molecule has 0 aromatic heterocycles. The second kappa shape index (κ2) is 10.5. The molecule has 4 aromatic rings. The molecule has 1 heterocycles. The van der Waals surface area contributed by atoms with Crippen molar-refractivity contribution in [3.05, 3.63) is 137 Å². The average Bonchev–Trinajstić information content (AvgIpc) is 3.19. The summed E-state index contributed by atoms with van der Waals surface area (Å²) < 4.78 is 20.1. The molecular weight excluding hydrogens is 469 g/mol. The number of carbonyl (C=O) groups excluding carboxylic acids is 2. The number of hydrogen-bond donors (Lipinski definition) is 1. The third kappa shape index (κ3) is 5.14. The molecule has 0 radical (unpaired) electrons. The summed E-state index contributed by atoms with van der Waals surface area (Å²) >= 11 is 0. The van der Waals surface area contributed by atoms with E-state index >= 15 is 0 Å². The third-order valence-corrected chi connectivity index (χ3v) is 6.23. The molecule has 1 amide bonds. The quantitative estimate of drug-likeness (QED) is 0.296. The SMILES string of the molecule is O=C(CCc1ccccc1)C1=C(O)C(=O)N(c2cccc(F)c2)C1c1cccc(Oc2ccccc2)c1. The summed E-state index contributed by atoms with van der Waals surface area (Å²) in [6.45, 7) is 0. The van der Waals surface area contributed by atoms with Crippen LogP contribution in [0.15, 0.2) is 121 Å². The molecule has 4 aromatic carbocycles. The Labute approximate surface area is 214 Å². The van der Waals surface area contributed by atoms with Gasteiger partial charge in [0.25, 0.3) is 5.91 Å². The summed E-state index contributed by atoms with van der Waals surface area (Å²) in [6.07, 6.45) is 0.554. The van der Waals surface area contributed by atoms with Gasteiger partial charge in [-0.25, -0.2) is 4.39 Å². The predicted molar refractivity (Wildman–Crippen MR) is 139 cm³/mol. The smallest absolute Gasteiger partial charge is 0.294 e. The van der Waals surface area contributed by atoms with Gasteiger partial charge in [-0.1, -0.05) is 66.7 Å². The van der Waals surface area contributed by atoms with Gasteiger partial charge in [-0.3, -0.25) is 14.5 Å². The summed E-state index contributed by atoms with van der Waals surface area (Å²) in [5.41, 5.74) is 1.75. The fourth-order valence-electron chi connectivity index (χ4n) is 4.51. The first-order valence-corrected chi connectivity index (χ1v) is 11.9. The number of amides is 1. The third-order valence-electron chi connectivity index (χ3n) is 6.23. The maximum absolute atomic E-state index is 14.1. The predicted octanol–water partition coefficient (Wildman–Crippen LogP) is 6.72. The zero-order valence-electron chi connectivity index (χ0n) is 19.9. The number of aliphatic hydroxyl groups excluding tert-OH is 1. The zero-order valence-corrected chi connectivity index (χ0v) is 19.9. The van der Waals surface area contributed by atoms with Crippen molar-refractivity contribution < 1.29 is 23.8 Å². The number of ketones is 1. The van der Waals surface area contributed by atoms with E-state index in [0.717, 1.165) is 5.56 Å². The summed E-state index contributed by atoms with van der Waals surface area (Å²) in [7, 11) is 0. The molecule has 184 valence electrons. The van der Waals surface area contributed by atoms with Crippen molar-refractivity contribution in [2.45, 2.75) is 18.9 Å². The van der Waals surface area contributed by atoms with Crippen LogP contribution in [0.25, 0.3) is 0 Å². The molecule has 1 unspecified atom stereocenters. The van der Waals surface area contributed by atoms with Gasteiger partial charge < -0.3 is 9.84 Å². The highest BCUT2D eigenvalue weighted by molar-refractivity contribution is 6.16. The first-order valence-electron chi connectivity index (χ1n) is 11.9. The molecule has 0 saturated carbocycles. The number of carbonyl (C=O) groups is 2. The van der Waals surface area contributed by atoms with Crippen LogP contribution >= 0.6 is 0 Å². The van der Waals surface area contributed by atoms with E-state index in [0.29, 0.717) is 23.5 Å².